The monoisotopic (exact) mass is 409 g/mol. The first-order valence-electron chi connectivity index (χ1n) is 6.71. The largest absolute Gasteiger partial charge is 0.598 e. The van der Waals surface area contributed by atoms with Crippen LogP contribution in [0, 0.1) is 0 Å². The van der Waals surface area contributed by atoms with Gasteiger partial charge in [-0.2, -0.15) is 0 Å². The highest BCUT2D eigenvalue weighted by atomic mass is 79.9. The number of halogens is 2. The summed E-state index contributed by atoms with van der Waals surface area (Å²) >= 11 is 8.32. The summed E-state index contributed by atoms with van der Waals surface area (Å²) in [5.41, 5.74) is -0.224. The molecule has 0 aromatic heterocycles. The first kappa shape index (κ1) is 19.8. The van der Waals surface area contributed by atoms with E-state index in [0.29, 0.717) is 10.6 Å². The van der Waals surface area contributed by atoms with Crippen molar-refractivity contribution in [2.24, 2.45) is 0 Å². The Kier molecular flexibility index (Phi) is 6.77. The minimum Gasteiger partial charge on any atom is -0.598 e. The number of esters is 1. The molecule has 124 valence electrons. The summed E-state index contributed by atoms with van der Waals surface area (Å²) in [6, 6.07) is 5.36. The molecule has 0 aliphatic heterocycles. The molecule has 1 N–H and O–H groups in total. The molecule has 22 heavy (non-hydrogen) atoms. The Balaban J connectivity index is 3.27. The van der Waals surface area contributed by atoms with E-state index in [0.717, 1.165) is 4.47 Å². The molecule has 0 saturated heterocycles. The van der Waals surface area contributed by atoms with Gasteiger partial charge in [0.25, 0.3) is 0 Å². The van der Waals surface area contributed by atoms with E-state index in [1.54, 1.807) is 13.0 Å². The standard InChI is InChI=1S/C15H21BrClNO3S/c1-14(2,3)22(20)18-15(4,9-13(19)21-5)11-8-10(16)6-7-12(11)17/h6-8,18H,9H2,1-5H3/t15-,22+/m0/s1. The van der Waals surface area contributed by atoms with Crippen LogP contribution in [-0.2, 0) is 26.4 Å². The van der Waals surface area contributed by atoms with Gasteiger partial charge in [0.2, 0.25) is 0 Å². The lowest BCUT2D eigenvalue weighted by Crippen LogP contribution is -2.51. The number of ether oxygens (including phenoxy) is 1. The normalized spacial score (nSPS) is 16.0. The van der Waals surface area contributed by atoms with Crippen molar-refractivity contribution in [2.45, 2.75) is 44.4 Å². The first-order valence-corrected chi connectivity index (χ1v) is 9.04. The van der Waals surface area contributed by atoms with Gasteiger partial charge in [-0.05, 0) is 51.5 Å². The van der Waals surface area contributed by atoms with Gasteiger partial charge in [0, 0.05) is 20.9 Å². The molecule has 1 aromatic rings. The summed E-state index contributed by atoms with van der Waals surface area (Å²) in [7, 11) is 1.33. The Labute approximate surface area is 148 Å². The van der Waals surface area contributed by atoms with Gasteiger partial charge in [0.1, 0.15) is 4.75 Å². The highest BCUT2D eigenvalue weighted by molar-refractivity contribution is 9.10. The zero-order valence-electron chi connectivity index (χ0n) is 13.3. The number of rotatable bonds is 5. The molecule has 1 aromatic carbocycles. The number of carbonyl (C=O) groups excluding carboxylic acids is 1. The number of methoxy groups -OCH3 is 1. The van der Waals surface area contributed by atoms with Crippen LogP contribution in [0.15, 0.2) is 22.7 Å². The van der Waals surface area contributed by atoms with Crippen LogP contribution in [0.4, 0.5) is 0 Å². The van der Waals surface area contributed by atoms with Crippen molar-refractivity contribution < 1.29 is 14.1 Å². The third-order valence-electron chi connectivity index (χ3n) is 3.12. The van der Waals surface area contributed by atoms with Crippen molar-refractivity contribution in [3.05, 3.63) is 33.3 Å². The van der Waals surface area contributed by atoms with E-state index in [-0.39, 0.29) is 6.42 Å². The quantitative estimate of drug-likeness (QED) is 0.590. The number of nitrogens with one attached hydrogen (secondary N) is 1. The minimum absolute atomic E-state index is 0.0154. The van der Waals surface area contributed by atoms with Crippen molar-refractivity contribution in [1.82, 2.24) is 4.72 Å². The molecule has 0 saturated carbocycles. The number of benzene rings is 1. The van der Waals surface area contributed by atoms with Crippen LogP contribution in [0.25, 0.3) is 0 Å². The van der Waals surface area contributed by atoms with Gasteiger partial charge in [-0.25, -0.2) is 0 Å². The van der Waals surface area contributed by atoms with E-state index in [2.05, 4.69) is 20.7 Å². The average Bonchev–Trinajstić information content (AvgIpc) is 2.40. The molecule has 0 fully saturated rings. The minimum atomic E-state index is -1.37. The lowest BCUT2D eigenvalue weighted by atomic mass is 9.90. The molecule has 0 heterocycles. The molecule has 7 heteroatoms. The van der Waals surface area contributed by atoms with Crippen LogP contribution in [-0.4, -0.2) is 22.4 Å². The third kappa shape index (κ3) is 5.13. The Morgan fingerprint density at radius 1 is 1.41 bits per heavy atom. The van der Waals surface area contributed by atoms with Crippen molar-refractivity contribution in [3.63, 3.8) is 0 Å². The second-order valence-corrected chi connectivity index (χ2v) is 9.48. The predicted molar refractivity (Wildman–Crippen MR) is 94.2 cm³/mol. The van der Waals surface area contributed by atoms with Crippen molar-refractivity contribution in [1.29, 1.82) is 0 Å². The second-order valence-electron chi connectivity index (χ2n) is 6.19. The maximum atomic E-state index is 12.5. The summed E-state index contributed by atoms with van der Waals surface area (Å²) in [6.45, 7) is 7.37. The molecular weight excluding hydrogens is 390 g/mol. The molecule has 0 unspecified atom stereocenters. The van der Waals surface area contributed by atoms with Crippen molar-refractivity contribution in [3.8, 4) is 0 Å². The van der Waals surface area contributed by atoms with Gasteiger partial charge in [0.15, 0.2) is 0 Å². The number of hydrogen-bond donors (Lipinski definition) is 1. The average molecular weight is 411 g/mol. The van der Waals surface area contributed by atoms with Gasteiger partial charge >= 0.3 is 5.97 Å². The number of hydrogen-bond acceptors (Lipinski definition) is 4. The van der Waals surface area contributed by atoms with Gasteiger partial charge in [-0.15, -0.1) is 4.72 Å². The molecule has 0 spiro atoms. The van der Waals surface area contributed by atoms with Crippen LogP contribution in [0.1, 0.15) is 39.7 Å². The maximum Gasteiger partial charge on any atom is 0.307 e. The molecule has 4 nitrogen and oxygen atoms in total. The fraction of sp³-hybridized carbons (Fsp3) is 0.533. The second kappa shape index (κ2) is 7.53. The fourth-order valence-electron chi connectivity index (χ4n) is 1.83. The van der Waals surface area contributed by atoms with E-state index >= 15 is 0 Å². The predicted octanol–water partition coefficient (Wildman–Crippen LogP) is 3.93. The molecule has 0 bridgehead atoms. The fourth-order valence-corrected chi connectivity index (χ4v) is 3.41. The molecule has 0 aliphatic rings. The van der Waals surface area contributed by atoms with Gasteiger partial charge in [-0.3, -0.25) is 4.79 Å². The lowest BCUT2D eigenvalue weighted by Gasteiger charge is -2.35. The Morgan fingerprint density at radius 3 is 2.50 bits per heavy atom. The molecule has 0 amide bonds. The van der Waals surface area contributed by atoms with E-state index in [9.17, 15) is 9.35 Å². The van der Waals surface area contributed by atoms with E-state index in [1.165, 1.54) is 7.11 Å². The van der Waals surface area contributed by atoms with Crippen LogP contribution in [0.5, 0.6) is 0 Å². The SMILES string of the molecule is COC(=O)C[C@](C)(N[S@+]([O-])C(C)(C)C)c1cc(Br)ccc1Cl. The Hall–Kier alpha value is -0.270. The topological polar surface area (TPSA) is 61.4 Å². The highest BCUT2D eigenvalue weighted by Gasteiger charge is 2.40. The van der Waals surface area contributed by atoms with Gasteiger partial charge in [0.05, 0.1) is 19.1 Å². The van der Waals surface area contributed by atoms with E-state index in [4.69, 9.17) is 16.3 Å². The maximum absolute atomic E-state index is 12.5. The summed E-state index contributed by atoms with van der Waals surface area (Å²) in [4.78, 5) is 11.8. The zero-order valence-corrected chi connectivity index (χ0v) is 16.5. The first-order chi connectivity index (χ1) is 9.99. The Morgan fingerprint density at radius 2 is 2.00 bits per heavy atom. The number of carbonyl (C=O) groups is 1. The van der Waals surface area contributed by atoms with Crippen LogP contribution in [0.2, 0.25) is 5.02 Å². The van der Waals surface area contributed by atoms with Crippen molar-refractivity contribution in [2.75, 3.05) is 7.11 Å². The van der Waals surface area contributed by atoms with Crippen LogP contribution in [0.3, 0.4) is 0 Å². The summed E-state index contributed by atoms with van der Waals surface area (Å²) in [5.74, 6) is -0.406. The molecular formula is C15H21BrClNO3S. The smallest absolute Gasteiger partial charge is 0.307 e. The van der Waals surface area contributed by atoms with Crippen molar-refractivity contribution >= 4 is 44.9 Å². The zero-order chi connectivity index (χ0) is 17.1. The molecule has 2 atom stereocenters. The summed E-state index contributed by atoms with van der Waals surface area (Å²) in [6.07, 6.45) is 0.0154. The molecule has 1 rings (SSSR count). The third-order valence-corrected chi connectivity index (χ3v) is 5.69. The highest BCUT2D eigenvalue weighted by Crippen LogP contribution is 2.35. The lowest BCUT2D eigenvalue weighted by molar-refractivity contribution is -0.142. The molecule has 0 aliphatic carbocycles. The van der Waals surface area contributed by atoms with Crippen LogP contribution < -0.4 is 4.72 Å². The molecule has 0 radical (unpaired) electrons. The van der Waals surface area contributed by atoms with E-state index < -0.39 is 27.6 Å². The summed E-state index contributed by atoms with van der Waals surface area (Å²) in [5, 5.41) is 0.494. The van der Waals surface area contributed by atoms with Crippen LogP contribution >= 0.6 is 27.5 Å². The Bertz CT molecular complexity index is 550. The van der Waals surface area contributed by atoms with Gasteiger partial charge in [-0.1, -0.05) is 27.5 Å². The summed E-state index contributed by atoms with van der Waals surface area (Å²) < 4.78 is 20.7. The van der Waals surface area contributed by atoms with Gasteiger partial charge < -0.3 is 9.29 Å². The van der Waals surface area contributed by atoms with E-state index in [1.807, 2.05) is 32.9 Å².